The molecule has 0 aliphatic carbocycles. The number of hydrogen-bond acceptors (Lipinski definition) is 4. The number of hydrogen-bond donors (Lipinski definition) is 0. The third-order valence-corrected chi connectivity index (χ3v) is 20.6. The van der Waals surface area contributed by atoms with Gasteiger partial charge in [0.05, 0.1) is 20.4 Å². The second-order valence-corrected chi connectivity index (χ2v) is 21.8. The van der Waals surface area contributed by atoms with Gasteiger partial charge >= 0.3 is 0 Å². The molecule has 0 N–H and O–H groups in total. The summed E-state index contributed by atoms with van der Waals surface area (Å²) in [5.41, 5.74) is 10.3. The van der Waals surface area contributed by atoms with Gasteiger partial charge in [-0.05, 0) is 69.4 Å². The van der Waals surface area contributed by atoms with Crippen LogP contribution < -0.4 is 10.4 Å². The quantitative estimate of drug-likeness (QED) is 0.143. The molecule has 10 aromatic rings. The summed E-state index contributed by atoms with van der Waals surface area (Å²) < 4.78 is 2.42. The molecule has 8 aromatic carbocycles. The van der Waals surface area contributed by atoms with Crippen molar-refractivity contribution in [3.63, 3.8) is 0 Å². The van der Waals surface area contributed by atoms with Crippen LogP contribution in [0.25, 0.3) is 41.6 Å². The first-order valence-corrected chi connectivity index (χ1v) is 24.2. The van der Waals surface area contributed by atoms with Crippen molar-refractivity contribution in [2.75, 3.05) is 0 Å². The summed E-state index contributed by atoms with van der Waals surface area (Å²) >= 11 is 3.61. The summed E-state index contributed by atoms with van der Waals surface area (Å²) in [5, 5.41) is 5.04. The van der Waals surface area contributed by atoms with E-state index >= 15 is 0 Å². The molecule has 59 heavy (non-hydrogen) atoms. The van der Waals surface area contributed by atoms with E-state index in [1.807, 2.05) is 0 Å². The zero-order valence-corrected chi connectivity index (χ0v) is 34.9. The fourth-order valence-electron chi connectivity index (χ4n) is 10.4. The molecule has 0 bridgehead atoms. The number of aromatic nitrogens is 2. The Bertz CT molecular complexity index is 2760. The molecule has 0 radical (unpaired) electrons. The number of fused-ring (bicyclic) bond motifs is 2. The summed E-state index contributed by atoms with van der Waals surface area (Å²) in [6.45, 7) is 0. The molecular weight excluding hydrogens is 769 g/mol. The van der Waals surface area contributed by atoms with Crippen LogP contribution in [0.5, 0.6) is 0 Å². The van der Waals surface area contributed by atoms with E-state index in [2.05, 4.69) is 218 Å². The zero-order chi connectivity index (χ0) is 39.2. The van der Waals surface area contributed by atoms with Crippen LogP contribution in [0, 0.1) is 0 Å². The molecule has 5 heteroatoms. The second-order valence-electron chi connectivity index (χ2n) is 15.6. The van der Waals surface area contributed by atoms with Gasteiger partial charge in [0, 0.05) is 11.1 Å². The maximum absolute atomic E-state index is 5.36. The Labute approximate surface area is 354 Å². The van der Waals surface area contributed by atoms with Gasteiger partial charge in [-0.3, -0.25) is 0 Å². The molecule has 1 saturated heterocycles. The Balaban J connectivity index is 1.31. The van der Waals surface area contributed by atoms with Crippen LogP contribution in [0.4, 0.5) is 0 Å². The first-order chi connectivity index (χ1) is 29.3. The maximum Gasteiger partial charge on any atom is 0.133 e. The highest BCUT2D eigenvalue weighted by molar-refractivity contribution is 7.22. The first-order valence-electron chi connectivity index (χ1n) is 20.4. The standard InChI is InChI=1S/C54H40N2S2Si/c1-5-21-37(22-6-1)49-50(38-23-7-2-8-24-38)52(42-30-14-16-32-44(42)54-56-46-34-18-20-36-48(46)58-54)59(39-25-9-3-10-26-39,40-27-11-4-12-28-40)51(49)41-29-13-15-31-43(41)53-55-45-33-17-19-35-47(45)57-53/h1-36,49-52H. The monoisotopic (exact) mass is 808 g/mol. The lowest BCUT2D eigenvalue weighted by Crippen LogP contribution is -2.64. The molecule has 11 rings (SSSR count). The van der Waals surface area contributed by atoms with Gasteiger partial charge < -0.3 is 0 Å². The molecule has 4 unspecified atom stereocenters. The lowest BCUT2D eigenvalue weighted by Gasteiger charge is -2.42. The molecule has 3 heterocycles. The minimum absolute atomic E-state index is 0.108. The minimum atomic E-state index is -3.07. The van der Waals surface area contributed by atoms with Gasteiger partial charge in [-0.1, -0.05) is 204 Å². The van der Waals surface area contributed by atoms with Gasteiger partial charge in [0.15, 0.2) is 0 Å². The van der Waals surface area contributed by atoms with E-state index in [0.717, 1.165) is 21.0 Å². The van der Waals surface area contributed by atoms with E-state index in [1.165, 1.54) is 53.2 Å². The third kappa shape index (κ3) is 6.03. The molecule has 282 valence electrons. The molecule has 1 fully saturated rings. The number of rotatable bonds is 8. The Morgan fingerprint density at radius 3 is 1.08 bits per heavy atom. The van der Waals surface area contributed by atoms with E-state index in [9.17, 15) is 0 Å². The SMILES string of the molecule is c1ccc(C2C(c3ccccc3)C(c3ccccc3-c3nc4ccccc4s3)[Si](c3ccccc3)(c3ccccc3)C2c2ccccc2-c2nc3ccccc3s2)cc1. The van der Waals surface area contributed by atoms with Crippen molar-refractivity contribution in [2.45, 2.75) is 22.9 Å². The Morgan fingerprint density at radius 2 is 0.678 bits per heavy atom. The van der Waals surface area contributed by atoms with Crippen molar-refractivity contribution in [3.05, 3.63) is 241 Å². The molecule has 1 aliphatic heterocycles. The highest BCUT2D eigenvalue weighted by Crippen LogP contribution is 2.65. The lowest BCUT2D eigenvalue weighted by molar-refractivity contribution is 0.554. The van der Waals surface area contributed by atoms with Crippen molar-refractivity contribution in [2.24, 2.45) is 0 Å². The molecule has 2 nitrogen and oxygen atoms in total. The van der Waals surface area contributed by atoms with Crippen LogP contribution in [0.15, 0.2) is 218 Å². The largest absolute Gasteiger partial charge is 0.236 e. The highest BCUT2D eigenvalue weighted by atomic mass is 32.1. The number of para-hydroxylation sites is 2. The highest BCUT2D eigenvalue weighted by Gasteiger charge is 2.65. The number of nitrogens with zero attached hydrogens (tertiary/aromatic N) is 2. The molecule has 0 spiro atoms. The lowest BCUT2D eigenvalue weighted by atomic mass is 9.74. The van der Waals surface area contributed by atoms with Crippen molar-refractivity contribution < 1.29 is 0 Å². The van der Waals surface area contributed by atoms with Crippen LogP contribution in [-0.4, -0.2) is 18.0 Å². The molecule has 0 amide bonds. The van der Waals surface area contributed by atoms with Crippen LogP contribution in [0.2, 0.25) is 0 Å². The fourth-order valence-corrected chi connectivity index (χ4v) is 19.5. The first kappa shape index (κ1) is 35.9. The fraction of sp³-hybridized carbons (Fsp3) is 0.0741. The van der Waals surface area contributed by atoms with E-state index in [1.54, 1.807) is 22.7 Å². The van der Waals surface area contributed by atoms with E-state index in [4.69, 9.17) is 9.97 Å². The van der Waals surface area contributed by atoms with Crippen molar-refractivity contribution in [1.82, 2.24) is 9.97 Å². The second kappa shape index (κ2) is 15.2. The van der Waals surface area contributed by atoms with Crippen molar-refractivity contribution >= 4 is 61.6 Å². The molecule has 0 saturated carbocycles. The average molecular weight is 809 g/mol. The van der Waals surface area contributed by atoms with Gasteiger partial charge in [-0.2, -0.15) is 0 Å². The summed E-state index contributed by atoms with van der Waals surface area (Å²) in [4.78, 5) is 10.7. The summed E-state index contributed by atoms with van der Waals surface area (Å²) in [7, 11) is -3.07. The van der Waals surface area contributed by atoms with Crippen molar-refractivity contribution in [3.8, 4) is 21.1 Å². The van der Waals surface area contributed by atoms with Crippen molar-refractivity contribution in [1.29, 1.82) is 0 Å². The molecule has 1 aliphatic rings. The zero-order valence-electron chi connectivity index (χ0n) is 32.3. The number of thiazole rings is 2. The normalized spacial score (nSPS) is 18.6. The topological polar surface area (TPSA) is 25.8 Å². The summed E-state index contributed by atoms with van der Waals surface area (Å²) in [6, 6.07) is 81.8. The Kier molecular flexibility index (Phi) is 9.23. The molecule has 4 atom stereocenters. The van der Waals surface area contributed by atoms with Gasteiger partial charge in [0.1, 0.15) is 18.1 Å². The summed E-state index contributed by atoms with van der Waals surface area (Å²) in [6.07, 6.45) is 0. The smallest absolute Gasteiger partial charge is 0.133 e. The van der Waals surface area contributed by atoms with Gasteiger partial charge in [-0.25, -0.2) is 9.97 Å². The van der Waals surface area contributed by atoms with Crippen LogP contribution in [0.1, 0.15) is 45.2 Å². The maximum atomic E-state index is 5.36. The predicted octanol–water partition coefficient (Wildman–Crippen LogP) is 13.0. The summed E-state index contributed by atoms with van der Waals surface area (Å²) in [5.74, 6) is 0.240. The number of benzene rings is 8. The van der Waals surface area contributed by atoms with Gasteiger partial charge in [0.25, 0.3) is 0 Å². The van der Waals surface area contributed by atoms with Gasteiger partial charge in [-0.15, -0.1) is 22.7 Å². The van der Waals surface area contributed by atoms with E-state index < -0.39 is 8.07 Å². The van der Waals surface area contributed by atoms with Gasteiger partial charge in [0.2, 0.25) is 0 Å². The Hall–Kier alpha value is -6.24. The van der Waals surface area contributed by atoms with E-state index in [0.29, 0.717) is 0 Å². The Morgan fingerprint density at radius 1 is 0.339 bits per heavy atom. The van der Waals surface area contributed by atoms with Crippen LogP contribution in [0.3, 0.4) is 0 Å². The predicted molar refractivity (Wildman–Crippen MR) is 252 cm³/mol. The van der Waals surface area contributed by atoms with Crippen LogP contribution >= 0.6 is 22.7 Å². The molecular formula is C54H40N2S2Si. The van der Waals surface area contributed by atoms with Crippen LogP contribution in [-0.2, 0) is 0 Å². The minimum Gasteiger partial charge on any atom is -0.236 e. The third-order valence-electron chi connectivity index (χ3n) is 12.6. The average Bonchev–Trinajstić information content (AvgIpc) is 4.04. The molecule has 2 aromatic heterocycles. The van der Waals surface area contributed by atoms with E-state index in [-0.39, 0.29) is 22.9 Å².